The molecule has 1 N–H and O–H groups in total. The molecule has 6 nitrogen and oxygen atoms in total. The van der Waals surface area contributed by atoms with Crippen LogP contribution in [0.3, 0.4) is 0 Å². The third-order valence-electron chi connectivity index (χ3n) is 4.53. The van der Waals surface area contributed by atoms with Crippen LogP contribution >= 0.6 is 11.6 Å². The minimum absolute atomic E-state index is 0.286. The van der Waals surface area contributed by atoms with Gasteiger partial charge in [0.05, 0.1) is 7.11 Å². The van der Waals surface area contributed by atoms with Crippen LogP contribution in [-0.2, 0) is 6.54 Å². The van der Waals surface area contributed by atoms with E-state index < -0.39 is 0 Å². The number of halogens is 1. The fraction of sp³-hybridized carbons (Fsp3) is 0.0870. The minimum Gasteiger partial charge on any atom is -0.497 e. The van der Waals surface area contributed by atoms with Gasteiger partial charge in [0, 0.05) is 22.7 Å². The van der Waals surface area contributed by atoms with Crippen molar-refractivity contribution in [3.63, 3.8) is 0 Å². The minimum atomic E-state index is -0.286. The molecule has 0 bridgehead atoms. The molecule has 0 radical (unpaired) electrons. The zero-order valence-corrected chi connectivity index (χ0v) is 17.0. The first-order chi connectivity index (χ1) is 14.6. The number of benzene rings is 3. The van der Waals surface area contributed by atoms with Crippen LogP contribution in [0.5, 0.6) is 5.75 Å². The molecule has 4 rings (SSSR count). The maximum atomic E-state index is 13.1. The zero-order valence-electron chi connectivity index (χ0n) is 16.2. The van der Waals surface area contributed by atoms with Crippen molar-refractivity contribution < 1.29 is 9.53 Å². The molecule has 0 saturated carbocycles. The molecule has 0 aliphatic carbocycles. The summed E-state index contributed by atoms with van der Waals surface area (Å²) < 4.78 is 6.46. The number of hydrogen-bond donors (Lipinski definition) is 1. The molecule has 4 aromatic rings. The lowest BCUT2D eigenvalue weighted by molar-refractivity contribution is 0.0947. The van der Waals surface area contributed by atoms with Gasteiger partial charge in [0.1, 0.15) is 5.75 Å². The number of methoxy groups -OCH3 is 1. The lowest BCUT2D eigenvalue weighted by atomic mass is 10.2. The average Bonchev–Trinajstić information content (AvgIpc) is 3.23. The summed E-state index contributed by atoms with van der Waals surface area (Å²) in [6, 6.07) is 23.9. The van der Waals surface area contributed by atoms with Crippen molar-refractivity contribution in [1.82, 2.24) is 14.8 Å². The summed E-state index contributed by atoms with van der Waals surface area (Å²) in [6.07, 6.45) is 0. The maximum absolute atomic E-state index is 13.1. The first-order valence-electron chi connectivity index (χ1n) is 9.33. The first kappa shape index (κ1) is 19.7. The predicted octanol–water partition coefficient (Wildman–Crippen LogP) is 4.91. The number of carbonyl (C=O) groups is 1. The van der Waals surface area contributed by atoms with Crippen LogP contribution in [-0.4, -0.2) is 27.8 Å². The van der Waals surface area contributed by atoms with Crippen molar-refractivity contribution in [2.75, 3.05) is 12.4 Å². The number of aromatic nitrogens is 3. The number of nitrogens with one attached hydrogen (secondary N) is 1. The van der Waals surface area contributed by atoms with Gasteiger partial charge < -0.3 is 10.1 Å². The topological polar surface area (TPSA) is 69.0 Å². The maximum Gasteiger partial charge on any atom is 0.281 e. The number of hydrogen-bond acceptors (Lipinski definition) is 5. The fourth-order valence-electron chi connectivity index (χ4n) is 2.92. The molecule has 7 heteroatoms. The van der Waals surface area contributed by atoms with E-state index in [4.69, 9.17) is 16.3 Å². The van der Waals surface area contributed by atoms with E-state index in [1.54, 1.807) is 31.4 Å². The van der Waals surface area contributed by atoms with Gasteiger partial charge in [-0.25, -0.2) is 0 Å². The van der Waals surface area contributed by atoms with Gasteiger partial charge in [-0.15, -0.1) is 5.10 Å². The molecule has 1 aromatic heterocycles. The van der Waals surface area contributed by atoms with Gasteiger partial charge in [-0.3, -0.25) is 4.79 Å². The largest absolute Gasteiger partial charge is 0.497 e. The zero-order chi connectivity index (χ0) is 20.9. The Morgan fingerprint density at radius 2 is 1.70 bits per heavy atom. The van der Waals surface area contributed by atoms with Gasteiger partial charge >= 0.3 is 0 Å². The van der Waals surface area contributed by atoms with Crippen LogP contribution in [0.1, 0.15) is 15.9 Å². The second-order valence-corrected chi connectivity index (χ2v) is 6.99. The number of anilines is 1. The van der Waals surface area contributed by atoms with E-state index in [1.807, 2.05) is 54.6 Å². The average molecular weight is 419 g/mol. The summed E-state index contributed by atoms with van der Waals surface area (Å²) in [5.74, 6) is 1.22. The smallest absolute Gasteiger partial charge is 0.281 e. The fourth-order valence-corrected chi connectivity index (χ4v) is 3.04. The highest BCUT2D eigenvalue weighted by Gasteiger charge is 2.19. The van der Waals surface area contributed by atoms with Crippen molar-refractivity contribution in [1.29, 1.82) is 0 Å². The summed E-state index contributed by atoms with van der Waals surface area (Å²) in [6.45, 7) is 0.472. The highest BCUT2D eigenvalue weighted by Crippen LogP contribution is 2.20. The summed E-state index contributed by atoms with van der Waals surface area (Å²) in [5, 5.41) is 8.35. The molecule has 0 aliphatic heterocycles. The van der Waals surface area contributed by atoms with Crippen molar-refractivity contribution in [2.45, 2.75) is 6.54 Å². The normalized spacial score (nSPS) is 10.6. The van der Waals surface area contributed by atoms with Crippen molar-refractivity contribution >= 4 is 23.5 Å². The van der Waals surface area contributed by atoms with Crippen molar-refractivity contribution in [3.8, 4) is 17.1 Å². The SMILES string of the molecule is COc1ccc(C(=O)n2nc(-c3ccccc3)nc2NCc2ccc(Cl)cc2)cc1. The number of nitrogens with zero attached hydrogens (tertiary/aromatic N) is 3. The van der Waals surface area contributed by atoms with Gasteiger partial charge in [-0.05, 0) is 42.0 Å². The van der Waals surface area contributed by atoms with E-state index in [1.165, 1.54) is 4.68 Å². The van der Waals surface area contributed by atoms with Gasteiger partial charge in [0.2, 0.25) is 5.95 Å². The number of rotatable bonds is 6. The predicted molar refractivity (Wildman–Crippen MR) is 117 cm³/mol. The second kappa shape index (κ2) is 8.80. The molecule has 0 saturated heterocycles. The Labute approximate surface area is 179 Å². The lowest BCUT2D eigenvalue weighted by Gasteiger charge is -2.08. The van der Waals surface area contributed by atoms with Gasteiger partial charge in [0.15, 0.2) is 5.82 Å². The van der Waals surface area contributed by atoms with Gasteiger partial charge in [0.25, 0.3) is 5.91 Å². The van der Waals surface area contributed by atoms with Crippen LogP contribution in [0.2, 0.25) is 5.02 Å². The standard InChI is InChI=1S/C23H19ClN4O2/c1-30-20-13-9-18(10-14-20)22(29)28-23(25-15-16-7-11-19(24)12-8-16)26-21(27-28)17-5-3-2-4-6-17/h2-14H,15H2,1H3,(H,25,26,27). The summed E-state index contributed by atoms with van der Waals surface area (Å²) >= 11 is 5.96. The van der Waals surface area contributed by atoms with Crippen LogP contribution in [0.25, 0.3) is 11.4 Å². The van der Waals surface area contributed by atoms with E-state index in [0.717, 1.165) is 11.1 Å². The molecule has 30 heavy (non-hydrogen) atoms. The quantitative estimate of drug-likeness (QED) is 0.482. The third kappa shape index (κ3) is 4.34. The molecule has 0 unspecified atom stereocenters. The molecular weight excluding hydrogens is 400 g/mol. The Kier molecular flexibility index (Phi) is 5.77. The highest BCUT2D eigenvalue weighted by molar-refractivity contribution is 6.30. The summed E-state index contributed by atoms with van der Waals surface area (Å²) in [7, 11) is 1.58. The molecular formula is C23H19ClN4O2. The molecule has 0 amide bonds. The van der Waals surface area contributed by atoms with E-state index >= 15 is 0 Å². The van der Waals surface area contributed by atoms with Crippen molar-refractivity contribution in [3.05, 3.63) is 95.0 Å². The van der Waals surface area contributed by atoms with Crippen LogP contribution in [0, 0.1) is 0 Å². The molecule has 0 fully saturated rings. The lowest BCUT2D eigenvalue weighted by Crippen LogP contribution is -2.17. The van der Waals surface area contributed by atoms with Crippen molar-refractivity contribution in [2.24, 2.45) is 0 Å². The number of carbonyl (C=O) groups excluding carboxylic acids is 1. The van der Waals surface area contributed by atoms with Gasteiger partial charge in [-0.1, -0.05) is 54.1 Å². The Hall–Kier alpha value is -3.64. The molecule has 0 spiro atoms. The molecule has 0 aliphatic rings. The number of ether oxygens (including phenoxy) is 1. The molecule has 1 heterocycles. The van der Waals surface area contributed by atoms with E-state index in [9.17, 15) is 4.79 Å². The Morgan fingerprint density at radius 1 is 1.00 bits per heavy atom. The highest BCUT2D eigenvalue weighted by atomic mass is 35.5. The van der Waals surface area contributed by atoms with E-state index in [2.05, 4.69) is 15.4 Å². The third-order valence-corrected chi connectivity index (χ3v) is 4.78. The monoisotopic (exact) mass is 418 g/mol. The molecule has 150 valence electrons. The molecule has 3 aromatic carbocycles. The Bertz CT molecular complexity index is 1140. The van der Waals surface area contributed by atoms with Crippen LogP contribution < -0.4 is 10.1 Å². The Balaban J connectivity index is 1.66. The summed E-state index contributed by atoms with van der Waals surface area (Å²) in [4.78, 5) is 17.7. The molecule has 0 atom stereocenters. The first-order valence-corrected chi connectivity index (χ1v) is 9.71. The Morgan fingerprint density at radius 3 is 2.37 bits per heavy atom. The van der Waals surface area contributed by atoms with Crippen LogP contribution in [0.15, 0.2) is 78.9 Å². The second-order valence-electron chi connectivity index (χ2n) is 6.55. The van der Waals surface area contributed by atoms with E-state index in [-0.39, 0.29) is 5.91 Å². The van der Waals surface area contributed by atoms with Gasteiger partial charge in [-0.2, -0.15) is 9.67 Å². The van der Waals surface area contributed by atoms with E-state index in [0.29, 0.717) is 34.7 Å². The van der Waals surface area contributed by atoms with Crippen LogP contribution in [0.4, 0.5) is 5.95 Å². The summed E-state index contributed by atoms with van der Waals surface area (Å²) in [5.41, 5.74) is 2.32.